The third-order valence-electron chi connectivity index (χ3n) is 1.93. The lowest BCUT2D eigenvalue weighted by Gasteiger charge is -2.12. The van der Waals surface area contributed by atoms with Gasteiger partial charge in [-0.05, 0) is 0 Å². The van der Waals surface area contributed by atoms with Crippen molar-refractivity contribution in [1.29, 1.82) is 0 Å². The van der Waals surface area contributed by atoms with E-state index in [2.05, 4.69) is 0 Å². The van der Waals surface area contributed by atoms with Crippen molar-refractivity contribution in [2.75, 3.05) is 11.8 Å². The van der Waals surface area contributed by atoms with Crippen molar-refractivity contribution in [3.63, 3.8) is 0 Å². The van der Waals surface area contributed by atoms with Gasteiger partial charge in [0.25, 0.3) is 0 Å². The Kier molecular flexibility index (Phi) is 3.37. The zero-order chi connectivity index (χ0) is 9.03. The van der Waals surface area contributed by atoms with Gasteiger partial charge in [-0.25, -0.2) is 0 Å². The van der Waals surface area contributed by atoms with Gasteiger partial charge in [0.1, 0.15) is 7.14 Å². The van der Waals surface area contributed by atoms with Crippen molar-refractivity contribution in [1.82, 2.24) is 0 Å². The molecule has 1 atom stereocenters. The fourth-order valence-corrected chi connectivity index (χ4v) is 3.34. The van der Waals surface area contributed by atoms with Crippen LogP contribution in [0.5, 0.6) is 0 Å². The molecule has 0 fully saturated rings. The van der Waals surface area contributed by atoms with Crippen molar-refractivity contribution in [3.05, 3.63) is 30.3 Å². The van der Waals surface area contributed by atoms with E-state index in [0.717, 1.165) is 5.30 Å². The molecule has 0 aromatic heterocycles. The molecule has 0 bridgehead atoms. The highest BCUT2D eigenvalue weighted by Crippen LogP contribution is 2.44. The maximum atomic E-state index is 12.0. The van der Waals surface area contributed by atoms with Crippen molar-refractivity contribution >= 4 is 24.0 Å². The van der Waals surface area contributed by atoms with Crippen LogP contribution in [0.2, 0.25) is 0 Å². The second-order valence-electron chi connectivity index (χ2n) is 2.66. The number of alkyl halides is 1. The first-order valence-electron chi connectivity index (χ1n) is 3.92. The van der Waals surface area contributed by atoms with Gasteiger partial charge in [0.05, 0.1) is 5.62 Å². The molecular formula is C9H12ClOP. The molecule has 1 nitrogen and oxygen atoms in total. The Morgan fingerprint density at radius 2 is 1.92 bits per heavy atom. The highest BCUT2D eigenvalue weighted by Gasteiger charge is 2.19. The number of hydrogen-bond acceptors (Lipinski definition) is 1. The molecule has 0 saturated heterocycles. The summed E-state index contributed by atoms with van der Waals surface area (Å²) in [6.07, 6.45) is 0.639. The number of rotatable bonds is 3. The minimum atomic E-state index is -2.27. The Balaban J connectivity index is 3.04. The van der Waals surface area contributed by atoms with Crippen LogP contribution in [-0.4, -0.2) is 11.8 Å². The summed E-state index contributed by atoms with van der Waals surface area (Å²) in [7, 11) is -2.27. The SMILES string of the molecule is CCP(=O)(CCl)c1ccccc1. The van der Waals surface area contributed by atoms with Crippen LogP contribution in [0.25, 0.3) is 0 Å². The zero-order valence-electron chi connectivity index (χ0n) is 7.03. The van der Waals surface area contributed by atoms with Gasteiger partial charge in [-0.3, -0.25) is 0 Å². The molecule has 12 heavy (non-hydrogen) atoms. The summed E-state index contributed by atoms with van der Waals surface area (Å²) in [6, 6.07) is 9.46. The van der Waals surface area contributed by atoms with E-state index in [1.165, 1.54) is 0 Å². The minimum Gasteiger partial charge on any atom is -0.317 e. The molecule has 0 aliphatic heterocycles. The Labute approximate surface area is 78.1 Å². The summed E-state index contributed by atoms with van der Waals surface area (Å²) in [5.41, 5.74) is 0.244. The molecule has 0 amide bonds. The van der Waals surface area contributed by atoms with Gasteiger partial charge in [0, 0.05) is 11.5 Å². The topological polar surface area (TPSA) is 17.1 Å². The maximum absolute atomic E-state index is 12.0. The normalized spacial score (nSPS) is 15.5. The van der Waals surface area contributed by atoms with E-state index in [4.69, 9.17) is 11.6 Å². The summed E-state index contributed by atoms with van der Waals surface area (Å²) < 4.78 is 12.0. The van der Waals surface area contributed by atoms with Gasteiger partial charge in [0.2, 0.25) is 0 Å². The lowest BCUT2D eigenvalue weighted by Crippen LogP contribution is -2.06. The van der Waals surface area contributed by atoms with Crippen LogP contribution >= 0.6 is 18.7 Å². The quantitative estimate of drug-likeness (QED) is 0.544. The minimum absolute atomic E-state index is 0.244. The molecule has 1 rings (SSSR count). The molecule has 0 spiro atoms. The average molecular weight is 203 g/mol. The predicted molar refractivity (Wildman–Crippen MR) is 54.9 cm³/mol. The van der Waals surface area contributed by atoms with E-state index in [1.54, 1.807) is 0 Å². The monoisotopic (exact) mass is 202 g/mol. The summed E-state index contributed by atoms with van der Waals surface area (Å²) in [6.45, 7) is 1.91. The van der Waals surface area contributed by atoms with E-state index in [9.17, 15) is 4.57 Å². The Morgan fingerprint density at radius 3 is 2.33 bits per heavy atom. The van der Waals surface area contributed by atoms with E-state index in [-0.39, 0.29) is 5.62 Å². The number of hydrogen-bond donors (Lipinski definition) is 0. The molecule has 1 aromatic carbocycles. The zero-order valence-corrected chi connectivity index (χ0v) is 8.68. The summed E-state index contributed by atoms with van der Waals surface area (Å²) >= 11 is 5.68. The van der Waals surface area contributed by atoms with Gasteiger partial charge in [-0.15, -0.1) is 11.6 Å². The van der Waals surface area contributed by atoms with Crippen LogP contribution in [0.1, 0.15) is 6.92 Å². The average Bonchev–Trinajstić information content (AvgIpc) is 2.18. The second kappa shape index (κ2) is 4.11. The van der Waals surface area contributed by atoms with Crippen molar-refractivity contribution < 1.29 is 4.57 Å². The highest BCUT2D eigenvalue weighted by molar-refractivity contribution is 7.72. The third kappa shape index (κ3) is 1.91. The molecule has 0 aliphatic carbocycles. The molecule has 1 aromatic rings. The van der Waals surface area contributed by atoms with Crippen LogP contribution in [0.15, 0.2) is 30.3 Å². The molecule has 0 aliphatic rings. The van der Waals surface area contributed by atoms with Gasteiger partial charge in [0.15, 0.2) is 0 Å². The summed E-state index contributed by atoms with van der Waals surface area (Å²) in [4.78, 5) is 0. The number of benzene rings is 1. The highest BCUT2D eigenvalue weighted by atomic mass is 35.5. The third-order valence-corrected chi connectivity index (χ3v) is 5.74. The molecular weight excluding hydrogens is 191 g/mol. The smallest absolute Gasteiger partial charge is 0.129 e. The standard InChI is InChI=1S/C9H12ClOP/c1-2-12(11,8-10)9-6-4-3-5-7-9/h3-7H,2,8H2,1H3. The van der Waals surface area contributed by atoms with E-state index >= 15 is 0 Å². The van der Waals surface area contributed by atoms with E-state index in [1.807, 2.05) is 37.3 Å². The molecule has 0 heterocycles. The lowest BCUT2D eigenvalue weighted by atomic mass is 10.4. The van der Waals surface area contributed by atoms with Crippen LogP contribution in [0.4, 0.5) is 0 Å². The van der Waals surface area contributed by atoms with Gasteiger partial charge in [-0.2, -0.15) is 0 Å². The fraction of sp³-hybridized carbons (Fsp3) is 0.333. The largest absolute Gasteiger partial charge is 0.317 e. The van der Waals surface area contributed by atoms with Crippen LogP contribution in [0.3, 0.4) is 0 Å². The molecule has 0 N–H and O–H groups in total. The van der Waals surface area contributed by atoms with Crippen LogP contribution < -0.4 is 5.30 Å². The molecule has 66 valence electrons. The first-order valence-corrected chi connectivity index (χ1v) is 6.54. The molecule has 0 saturated carbocycles. The summed E-state index contributed by atoms with van der Waals surface area (Å²) in [5.74, 6) is 0. The molecule has 1 unspecified atom stereocenters. The predicted octanol–water partition coefficient (Wildman–Crippen LogP) is 2.89. The fourth-order valence-electron chi connectivity index (χ4n) is 1.04. The van der Waals surface area contributed by atoms with Crippen molar-refractivity contribution in [2.24, 2.45) is 0 Å². The molecule has 0 radical (unpaired) electrons. The van der Waals surface area contributed by atoms with Crippen LogP contribution in [0, 0.1) is 0 Å². The van der Waals surface area contributed by atoms with E-state index in [0.29, 0.717) is 6.16 Å². The van der Waals surface area contributed by atoms with Crippen LogP contribution in [-0.2, 0) is 4.57 Å². The van der Waals surface area contributed by atoms with Crippen molar-refractivity contribution in [2.45, 2.75) is 6.92 Å². The first-order chi connectivity index (χ1) is 5.73. The molecule has 3 heteroatoms. The first kappa shape index (κ1) is 9.83. The Morgan fingerprint density at radius 1 is 1.33 bits per heavy atom. The van der Waals surface area contributed by atoms with Gasteiger partial charge < -0.3 is 4.57 Å². The van der Waals surface area contributed by atoms with Gasteiger partial charge >= 0.3 is 0 Å². The lowest BCUT2D eigenvalue weighted by molar-refractivity contribution is 0.584. The Bertz CT molecular complexity index is 276. The van der Waals surface area contributed by atoms with Crippen molar-refractivity contribution in [3.8, 4) is 0 Å². The number of halogens is 1. The maximum Gasteiger partial charge on any atom is 0.129 e. The second-order valence-corrected chi connectivity index (χ2v) is 6.54. The summed E-state index contributed by atoms with van der Waals surface area (Å²) in [5, 5.41) is 0.891. The van der Waals surface area contributed by atoms with Gasteiger partial charge in [-0.1, -0.05) is 37.3 Å². The van der Waals surface area contributed by atoms with E-state index < -0.39 is 7.14 Å². The Hall–Kier alpha value is -0.260.